The summed E-state index contributed by atoms with van der Waals surface area (Å²) in [4.78, 5) is 25.8. The van der Waals surface area contributed by atoms with E-state index in [1.807, 2.05) is 0 Å². The van der Waals surface area contributed by atoms with Gasteiger partial charge in [-0.3, -0.25) is 4.79 Å². The molecule has 4 rings (SSSR count). The quantitative estimate of drug-likeness (QED) is 0.298. The Bertz CT molecular complexity index is 1230. The standard InChI is InChI=1S/C24H20O7S/c1-13-16(31-24(26)19-6-5-11-32-19)10-8-15-20(25)18(30-21(13)15)12-14-7-9-17(27-2)23(29-4)22(14)28-3/h5-12H,1-4H3/b18-12-. The van der Waals surface area contributed by atoms with Gasteiger partial charge in [0.1, 0.15) is 16.4 Å². The van der Waals surface area contributed by atoms with Crippen molar-refractivity contribution in [2.45, 2.75) is 6.92 Å². The van der Waals surface area contributed by atoms with Crippen LogP contribution in [0.5, 0.6) is 28.7 Å². The number of Topliss-reactive ketones (excluding diaryl/α,β-unsaturated/α-hetero) is 1. The molecule has 7 nitrogen and oxygen atoms in total. The number of carbonyl (C=O) groups is 2. The lowest BCUT2D eigenvalue weighted by Crippen LogP contribution is -2.07. The van der Waals surface area contributed by atoms with Gasteiger partial charge in [-0.25, -0.2) is 4.79 Å². The Morgan fingerprint density at radius 3 is 2.38 bits per heavy atom. The smallest absolute Gasteiger partial charge is 0.353 e. The van der Waals surface area contributed by atoms with Crippen LogP contribution in [-0.4, -0.2) is 33.1 Å². The third kappa shape index (κ3) is 3.69. The minimum Gasteiger partial charge on any atom is -0.493 e. The first-order chi connectivity index (χ1) is 15.5. The fourth-order valence-electron chi connectivity index (χ4n) is 3.40. The Morgan fingerprint density at radius 2 is 1.72 bits per heavy atom. The highest BCUT2D eigenvalue weighted by Gasteiger charge is 2.31. The van der Waals surface area contributed by atoms with Crippen molar-refractivity contribution in [3.8, 4) is 28.7 Å². The summed E-state index contributed by atoms with van der Waals surface area (Å²) >= 11 is 1.29. The molecule has 2 aromatic carbocycles. The van der Waals surface area contributed by atoms with Crippen LogP contribution in [0.25, 0.3) is 6.08 Å². The van der Waals surface area contributed by atoms with Crippen LogP contribution in [0.4, 0.5) is 0 Å². The second-order valence-corrected chi connectivity index (χ2v) is 7.74. The van der Waals surface area contributed by atoms with Gasteiger partial charge in [-0.05, 0) is 48.7 Å². The first-order valence-electron chi connectivity index (χ1n) is 9.61. The normalized spacial score (nSPS) is 13.5. The number of fused-ring (bicyclic) bond motifs is 1. The molecule has 2 heterocycles. The Morgan fingerprint density at radius 1 is 0.969 bits per heavy atom. The molecule has 0 N–H and O–H groups in total. The van der Waals surface area contributed by atoms with E-state index in [1.165, 1.54) is 32.7 Å². The van der Waals surface area contributed by atoms with Gasteiger partial charge in [0.25, 0.3) is 0 Å². The zero-order valence-corrected chi connectivity index (χ0v) is 18.7. The van der Waals surface area contributed by atoms with Crippen molar-refractivity contribution in [2.24, 2.45) is 0 Å². The molecular weight excluding hydrogens is 432 g/mol. The number of benzene rings is 2. The zero-order chi connectivity index (χ0) is 22.8. The molecule has 0 unspecified atom stereocenters. The molecule has 1 aliphatic rings. The van der Waals surface area contributed by atoms with Crippen LogP contribution < -0.4 is 23.7 Å². The topological polar surface area (TPSA) is 80.3 Å². The predicted octanol–water partition coefficient (Wildman–Crippen LogP) is 4.92. The van der Waals surface area contributed by atoms with Crippen molar-refractivity contribution < 1.29 is 33.3 Å². The van der Waals surface area contributed by atoms with E-state index in [0.717, 1.165) is 0 Å². The van der Waals surface area contributed by atoms with Crippen molar-refractivity contribution in [1.82, 2.24) is 0 Å². The van der Waals surface area contributed by atoms with Crippen molar-refractivity contribution in [3.63, 3.8) is 0 Å². The van der Waals surface area contributed by atoms with E-state index in [2.05, 4.69) is 0 Å². The van der Waals surface area contributed by atoms with Gasteiger partial charge >= 0.3 is 5.97 Å². The Hall–Kier alpha value is -3.78. The molecule has 0 atom stereocenters. The lowest BCUT2D eigenvalue weighted by atomic mass is 10.1. The monoisotopic (exact) mass is 452 g/mol. The highest BCUT2D eigenvalue weighted by Crippen LogP contribution is 2.43. The predicted molar refractivity (Wildman–Crippen MR) is 119 cm³/mol. The van der Waals surface area contributed by atoms with Gasteiger partial charge in [-0.2, -0.15) is 0 Å². The van der Waals surface area contributed by atoms with Crippen molar-refractivity contribution in [1.29, 1.82) is 0 Å². The van der Waals surface area contributed by atoms with Gasteiger partial charge in [0, 0.05) is 11.1 Å². The van der Waals surface area contributed by atoms with Crippen LogP contribution >= 0.6 is 11.3 Å². The minimum atomic E-state index is -0.460. The minimum absolute atomic E-state index is 0.121. The number of hydrogen-bond donors (Lipinski definition) is 0. The molecule has 3 aromatic rings. The molecule has 0 aliphatic carbocycles. The molecule has 0 fully saturated rings. The third-order valence-electron chi connectivity index (χ3n) is 4.98. The molecule has 0 saturated heterocycles. The van der Waals surface area contributed by atoms with Gasteiger partial charge in [-0.15, -0.1) is 11.3 Å². The summed E-state index contributed by atoms with van der Waals surface area (Å²) in [5.41, 5.74) is 1.54. The SMILES string of the molecule is COc1ccc(/C=C2\Oc3c(ccc(OC(=O)c4cccs4)c3C)C2=O)c(OC)c1OC. The summed E-state index contributed by atoms with van der Waals surface area (Å²) in [7, 11) is 4.54. The lowest BCUT2D eigenvalue weighted by Gasteiger charge is -2.14. The maximum absolute atomic E-state index is 13.0. The fourth-order valence-corrected chi connectivity index (χ4v) is 4.00. The molecule has 32 heavy (non-hydrogen) atoms. The van der Waals surface area contributed by atoms with E-state index in [9.17, 15) is 9.59 Å². The van der Waals surface area contributed by atoms with Crippen LogP contribution in [0.3, 0.4) is 0 Å². The molecule has 0 saturated carbocycles. The number of methoxy groups -OCH3 is 3. The van der Waals surface area contributed by atoms with Gasteiger partial charge in [0.2, 0.25) is 11.5 Å². The Labute approximate surface area is 188 Å². The third-order valence-corrected chi connectivity index (χ3v) is 5.83. The van der Waals surface area contributed by atoms with Crippen LogP contribution in [0.15, 0.2) is 47.5 Å². The zero-order valence-electron chi connectivity index (χ0n) is 17.9. The average molecular weight is 452 g/mol. The second kappa shape index (κ2) is 8.76. The highest BCUT2D eigenvalue weighted by atomic mass is 32.1. The summed E-state index contributed by atoms with van der Waals surface area (Å²) in [6.45, 7) is 1.74. The molecule has 0 radical (unpaired) electrons. The number of carbonyl (C=O) groups excluding carboxylic acids is 2. The molecule has 8 heteroatoms. The summed E-state index contributed by atoms with van der Waals surface area (Å²) in [6, 6.07) is 10.1. The maximum Gasteiger partial charge on any atom is 0.353 e. The number of ketones is 1. The van der Waals surface area contributed by atoms with E-state index in [0.29, 0.717) is 50.3 Å². The van der Waals surface area contributed by atoms with E-state index in [1.54, 1.807) is 54.8 Å². The average Bonchev–Trinajstić information content (AvgIpc) is 3.45. The number of hydrogen-bond acceptors (Lipinski definition) is 8. The first kappa shape index (κ1) is 21.5. The number of allylic oxidation sites excluding steroid dienone is 1. The summed E-state index contributed by atoms with van der Waals surface area (Å²) < 4.78 is 27.6. The van der Waals surface area contributed by atoms with E-state index in [4.69, 9.17) is 23.7 Å². The molecule has 0 spiro atoms. The Kier molecular flexibility index (Phi) is 5.87. The number of ether oxygens (including phenoxy) is 5. The van der Waals surface area contributed by atoms with E-state index in [-0.39, 0.29) is 11.5 Å². The summed E-state index contributed by atoms with van der Waals surface area (Å²) in [5, 5.41) is 1.80. The van der Waals surface area contributed by atoms with Crippen LogP contribution in [0.1, 0.15) is 31.2 Å². The van der Waals surface area contributed by atoms with E-state index >= 15 is 0 Å². The van der Waals surface area contributed by atoms with Crippen molar-refractivity contribution in [3.05, 3.63) is 69.1 Å². The summed E-state index contributed by atoms with van der Waals surface area (Å²) in [5.74, 6) is 1.39. The van der Waals surface area contributed by atoms with Gasteiger partial charge in [0.15, 0.2) is 17.3 Å². The van der Waals surface area contributed by atoms with Crippen LogP contribution in [0, 0.1) is 6.92 Å². The molecule has 164 valence electrons. The highest BCUT2D eigenvalue weighted by molar-refractivity contribution is 7.12. The maximum atomic E-state index is 13.0. The molecule has 1 aliphatic heterocycles. The lowest BCUT2D eigenvalue weighted by molar-refractivity contribution is 0.0738. The molecule has 1 aromatic heterocycles. The second-order valence-electron chi connectivity index (χ2n) is 6.80. The summed E-state index contributed by atoms with van der Waals surface area (Å²) in [6.07, 6.45) is 1.58. The van der Waals surface area contributed by atoms with Gasteiger partial charge < -0.3 is 23.7 Å². The van der Waals surface area contributed by atoms with Crippen LogP contribution in [-0.2, 0) is 0 Å². The Balaban J connectivity index is 1.67. The first-order valence-corrected chi connectivity index (χ1v) is 10.5. The fraction of sp³-hybridized carbons (Fsp3) is 0.167. The molecular formula is C24H20O7S. The largest absolute Gasteiger partial charge is 0.493 e. The molecule has 0 amide bonds. The van der Waals surface area contributed by atoms with Gasteiger partial charge in [-0.1, -0.05) is 6.07 Å². The van der Waals surface area contributed by atoms with Gasteiger partial charge in [0.05, 0.1) is 26.9 Å². The molecule has 0 bridgehead atoms. The number of thiophene rings is 1. The van der Waals surface area contributed by atoms with Crippen molar-refractivity contribution in [2.75, 3.05) is 21.3 Å². The van der Waals surface area contributed by atoms with Crippen LogP contribution in [0.2, 0.25) is 0 Å². The van der Waals surface area contributed by atoms with Crippen molar-refractivity contribution >= 4 is 29.2 Å². The number of rotatable bonds is 6. The van der Waals surface area contributed by atoms with E-state index < -0.39 is 5.97 Å². The number of esters is 1.